The van der Waals surface area contributed by atoms with Crippen LogP contribution in [0.15, 0.2) is 48.5 Å². The number of para-hydroxylation sites is 1. The van der Waals surface area contributed by atoms with E-state index in [2.05, 4.69) is 4.90 Å². The van der Waals surface area contributed by atoms with Crippen LogP contribution in [0.3, 0.4) is 0 Å². The summed E-state index contributed by atoms with van der Waals surface area (Å²) in [6, 6.07) is 13.3. The van der Waals surface area contributed by atoms with Gasteiger partial charge < -0.3 is 4.90 Å². The van der Waals surface area contributed by atoms with E-state index < -0.39 is 11.7 Å². The van der Waals surface area contributed by atoms with Gasteiger partial charge in [-0.2, -0.15) is 13.2 Å². The number of aryl methyl sites for hydroxylation is 1. The summed E-state index contributed by atoms with van der Waals surface area (Å²) in [4.78, 5) is 17.1. The Morgan fingerprint density at radius 1 is 0.967 bits per heavy atom. The average Bonchev–Trinajstić information content (AvgIpc) is 2.99. The number of halogens is 3. The van der Waals surface area contributed by atoms with Crippen LogP contribution in [0.25, 0.3) is 10.9 Å². The zero-order valence-corrected chi connectivity index (χ0v) is 17.0. The standard InChI is InChI=1S/C23H24F3N3O/c1-16-17(2)29(21-9-4-3-8-20(16)21)22(30)15-27-10-12-28(13-11-27)19-7-5-6-18(14-19)23(24,25)26/h3-9,14H,10-13,15H2,1-2H3. The summed E-state index contributed by atoms with van der Waals surface area (Å²) in [6.07, 6.45) is -4.35. The van der Waals surface area contributed by atoms with Gasteiger partial charge in [0, 0.05) is 42.9 Å². The zero-order valence-electron chi connectivity index (χ0n) is 17.0. The number of carbonyl (C=O) groups is 1. The third-order valence-electron chi connectivity index (χ3n) is 5.95. The van der Waals surface area contributed by atoms with Crippen LogP contribution in [0, 0.1) is 13.8 Å². The molecule has 1 saturated heterocycles. The number of rotatable bonds is 3. The summed E-state index contributed by atoms with van der Waals surface area (Å²) < 4.78 is 40.7. The van der Waals surface area contributed by atoms with Crippen molar-refractivity contribution in [2.75, 3.05) is 37.6 Å². The van der Waals surface area contributed by atoms with Crippen molar-refractivity contribution in [3.8, 4) is 0 Å². The van der Waals surface area contributed by atoms with Crippen molar-refractivity contribution < 1.29 is 18.0 Å². The van der Waals surface area contributed by atoms with Crippen LogP contribution < -0.4 is 4.90 Å². The maximum absolute atomic E-state index is 13.1. The van der Waals surface area contributed by atoms with Gasteiger partial charge in [0.05, 0.1) is 17.6 Å². The summed E-state index contributed by atoms with van der Waals surface area (Å²) in [5.74, 6) is 0.0179. The highest BCUT2D eigenvalue weighted by atomic mass is 19.4. The Morgan fingerprint density at radius 3 is 2.37 bits per heavy atom. The lowest BCUT2D eigenvalue weighted by Gasteiger charge is -2.36. The van der Waals surface area contributed by atoms with E-state index in [0.717, 1.165) is 28.2 Å². The van der Waals surface area contributed by atoms with Gasteiger partial charge in [-0.3, -0.25) is 14.3 Å². The first kappa shape index (κ1) is 20.5. The second-order valence-electron chi connectivity index (χ2n) is 7.77. The fourth-order valence-corrected chi connectivity index (χ4v) is 4.16. The Morgan fingerprint density at radius 2 is 1.67 bits per heavy atom. The second kappa shape index (κ2) is 7.80. The van der Waals surface area contributed by atoms with Gasteiger partial charge in [-0.25, -0.2) is 0 Å². The van der Waals surface area contributed by atoms with Crippen molar-refractivity contribution in [3.05, 3.63) is 65.4 Å². The molecule has 0 radical (unpaired) electrons. The third kappa shape index (κ3) is 3.81. The molecule has 2 aromatic carbocycles. The second-order valence-corrected chi connectivity index (χ2v) is 7.77. The molecule has 0 spiro atoms. The van der Waals surface area contributed by atoms with Gasteiger partial charge in [-0.05, 0) is 43.7 Å². The van der Waals surface area contributed by atoms with E-state index in [0.29, 0.717) is 31.9 Å². The zero-order chi connectivity index (χ0) is 21.5. The van der Waals surface area contributed by atoms with Crippen LogP contribution in [0.1, 0.15) is 21.6 Å². The summed E-state index contributed by atoms with van der Waals surface area (Å²) in [6.45, 7) is 6.68. The lowest BCUT2D eigenvalue weighted by molar-refractivity contribution is -0.137. The minimum Gasteiger partial charge on any atom is -0.369 e. The van der Waals surface area contributed by atoms with Crippen molar-refractivity contribution >= 4 is 22.5 Å². The van der Waals surface area contributed by atoms with Crippen molar-refractivity contribution in [3.63, 3.8) is 0 Å². The molecule has 4 rings (SSSR count). The normalized spacial score (nSPS) is 15.7. The predicted octanol–water partition coefficient (Wildman–Crippen LogP) is 4.74. The quantitative estimate of drug-likeness (QED) is 0.619. The first-order chi connectivity index (χ1) is 14.3. The number of piperazine rings is 1. The van der Waals surface area contributed by atoms with Crippen LogP contribution in [-0.2, 0) is 6.18 Å². The average molecular weight is 415 g/mol. The van der Waals surface area contributed by atoms with E-state index in [9.17, 15) is 18.0 Å². The molecule has 1 fully saturated rings. The number of anilines is 1. The number of alkyl halides is 3. The molecule has 1 aliphatic rings. The van der Waals surface area contributed by atoms with E-state index in [1.807, 2.05) is 43.0 Å². The molecule has 0 N–H and O–H groups in total. The lowest BCUT2D eigenvalue weighted by Crippen LogP contribution is -2.48. The van der Waals surface area contributed by atoms with Gasteiger partial charge in [-0.1, -0.05) is 24.3 Å². The van der Waals surface area contributed by atoms with Crippen molar-refractivity contribution in [1.82, 2.24) is 9.47 Å². The highest BCUT2D eigenvalue weighted by Crippen LogP contribution is 2.32. The van der Waals surface area contributed by atoms with Gasteiger partial charge in [0.2, 0.25) is 5.91 Å². The summed E-state index contributed by atoms with van der Waals surface area (Å²) in [5.41, 5.74) is 2.90. The van der Waals surface area contributed by atoms with Crippen LogP contribution in [0.4, 0.5) is 18.9 Å². The molecule has 0 bridgehead atoms. The van der Waals surface area contributed by atoms with Crippen LogP contribution in [-0.4, -0.2) is 48.1 Å². The molecule has 0 aliphatic carbocycles. The highest BCUT2D eigenvalue weighted by molar-refractivity contribution is 5.96. The molecule has 1 aromatic heterocycles. The number of hydrogen-bond acceptors (Lipinski definition) is 3. The molecule has 3 aromatic rings. The molecule has 158 valence electrons. The van der Waals surface area contributed by atoms with Crippen LogP contribution in [0.2, 0.25) is 0 Å². The van der Waals surface area contributed by atoms with Gasteiger partial charge in [0.25, 0.3) is 0 Å². The van der Waals surface area contributed by atoms with E-state index in [-0.39, 0.29) is 12.5 Å². The lowest BCUT2D eigenvalue weighted by atomic mass is 10.1. The van der Waals surface area contributed by atoms with Crippen molar-refractivity contribution in [2.24, 2.45) is 0 Å². The Balaban J connectivity index is 1.44. The highest BCUT2D eigenvalue weighted by Gasteiger charge is 2.31. The minimum absolute atomic E-state index is 0.0179. The maximum atomic E-state index is 13.1. The number of aromatic nitrogens is 1. The molecule has 2 heterocycles. The number of fused-ring (bicyclic) bond motifs is 1. The van der Waals surface area contributed by atoms with Crippen LogP contribution >= 0.6 is 0 Å². The molecule has 7 heteroatoms. The summed E-state index contributed by atoms with van der Waals surface area (Å²) in [7, 11) is 0. The minimum atomic E-state index is -4.35. The molecule has 0 atom stereocenters. The number of carbonyl (C=O) groups excluding carboxylic acids is 1. The largest absolute Gasteiger partial charge is 0.416 e. The third-order valence-corrected chi connectivity index (χ3v) is 5.95. The Kier molecular flexibility index (Phi) is 5.32. The van der Waals surface area contributed by atoms with E-state index >= 15 is 0 Å². The van der Waals surface area contributed by atoms with Gasteiger partial charge >= 0.3 is 6.18 Å². The molecule has 4 nitrogen and oxygen atoms in total. The molecular formula is C23H24F3N3O. The Hall–Kier alpha value is -2.80. The van der Waals surface area contributed by atoms with Crippen molar-refractivity contribution in [1.29, 1.82) is 0 Å². The molecule has 0 amide bonds. The number of nitrogens with zero attached hydrogens (tertiary/aromatic N) is 3. The SMILES string of the molecule is Cc1c(C)n(C(=O)CN2CCN(c3cccc(C(F)(F)F)c3)CC2)c2ccccc12. The van der Waals surface area contributed by atoms with Gasteiger partial charge in [0.15, 0.2) is 0 Å². The number of hydrogen-bond donors (Lipinski definition) is 0. The molecule has 0 saturated carbocycles. The Bertz CT molecular complexity index is 1080. The van der Waals surface area contributed by atoms with Crippen molar-refractivity contribution in [2.45, 2.75) is 20.0 Å². The van der Waals surface area contributed by atoms with E-state index in [4.69, 9.17) is 0 Å². The van der Waals surface area contributed by atoms with E-state index in [1.165, 1.54) is 12.1 Å². The maximum Gasteiger partial charge on any atom is 0.416 e. The number of benzene rings is 2. The first-order valence-corrected chi connectivity index (χ1v) is 10.00. The van der Waals surface area contributed by atoms with Crippen LogP contribution in [0.5, 0.6) is 0 Å². The Labute approximate surface area is 173 Å². The van der Waals surface area contributed by atoms with Gasteiger partial charge in [-0.15, -0.1) is 0 Å². The topological polar surface area (TPSA) is 28.5 Å². The summed E-state index contributed by atoms with van der Waals surface area (Å²) >= 11 is 0. The monoisotopic (exact) mass is 415 g/mol. The molecule has 1 aliphatic heterocycles. The first-order valence-electron chi connectivity index (χ1n) is 10.00. The fourth-order valence-electron chi connectivity index (χ4n) is 4.16. The van der Waals surface area contributed by atoms with E-state index in [1.54, 1.807) is 10.6 Å². The molecular weight excluding hydrogens is 391 g/mol. The fraction of sp³-hybridized carbons (Fsp3) is 0.348. The summed E-state index contributed by atoms with van der Waals surface area (Å²) in [5, 5.41) is 1.08. The van der Waals surface area contributed by atoms with Gasteiger partial charge in [0.1, 0.15) is 0 Å². The predicted molar refractivity (Wildman–Crippen MR) is 112 cm³/mol. The smallest absolute Gasteiger partial charge is 0.369 e. The molecule has 0 unspecified atom stereocenters. The molecule has 30 heavy (non-hydrogen) atoms.